The molecule has 1 heterocycles. The molecule has 1 fully saturated rings. The summed E-state index contributed by atoms with van der Waals surface area (Å²) in [5, 5.41) is 19.3. The van der Waals surface area contributed by atoms with Crippen LogP contribution in [0.2, 0.25) is 0 Å². The van der Waals surface area contributed by atoms with Crippen LogP contribution < -0.4 is 5.32 Å². The summed E-state index contributed by atoms with van der Waals surface area (Å²) in [4.78, 5) is 11.8. The zero-order valence-corrected chi connectivity index (χ0v) is 20.8. The molecular weight excluding hydrogens is 457 g/mol. The molecule has 36 heavy (non-hydrogen) atoms. The van der Waals surface area contributed by atoms with Crippen molar-refractivity contribution in [3.8, 4) is 5.69 Å². The predicted molar refractivity (Wildman–Crippen MR) is 136 cm³/mol. The van der Waals surface area contributed by atoms with Gasteiger partial charge in [0.25, 0.3) is 0 Å². The van der Waals surface area contributed by atoms with Gasteiger partial charge in [0.15, 0.2) is 0 Å². The molecule has 0 saturated heterocycles. The van der Waals surface area contributed by atoms with E-state index in [1.54, 1.807) is 19.1 Å². The highest BCUT2D eigenvalue weighted by Gasteiger charge is 2.54. The first-order valence-corrected chi connectivity index (χ1v) is 12.6. The molecule has 6 nitrogen and oxygen atoms in total. The Morgan fingerprint density at radius 3 is 2.69 bits per heavy atom. The number of benzene rings is 2. The highest BCUT2D eigenvalue weighted by Crippen LogP contribution is 2.56. The molecule has 2 N–H and O–H groups in total. The zero-order chi connectivity index (χ0) is 25.3. The number of hydrogen-bond donors (Lipinski definition) is 2. The van der Waals surface area contributed by atoms with Crippen LogP contribution in [0.15, 0.2) is 60.3 Å². The summed E-state index contributed by atoms with van der Waals surface area (Å²) in [7, 11) is 0. The molecule has 2 aromatic carbocycles. The summed E-state index contributed by atoms with van der Waals surface area (Å²) in [5.74, 6) is -0.273. The molecule has 0 unspecified atom stereocenters. The van der Waals surface area contributed by atoms with E-state index in [9.17, 15) is 14.3 Å². The largest absolute Gasteiger partial charge is 0.450 e. The van der Waals surface area contributed by atoms with Crippen molar-refractivity contribution < 1.29 is 19.0 Å². The summed E-state index contributed by atoms with van der Waals surface area (Å²) in [6.07, 6.45) is 7.18. The standard InChI is InChI=1S/C29H32FN3O3/c1-3-36-27(34)31-18-21-7-5-4-6-20(21)12-14-29(35)15-13-23-16-26-22(17-28(23,29)2)19-32-33(26)25-10-8-24(30)9-11-25/h4-11,16,19,35H,3,12-15,17-18H2,1-2H3,(H,31,34)/t28-,29-/m0/s1. The number of carbonyl (C=O) groups is 1. The van der Waals surface area contributed by atoms with E-state index in [1.807, 2.05) is 29.1 Å². The second kappa shape index (κ2) is 9.54. The quantitative estimate of drug-likeness (QED) is 0.468. The van der Waals surface area contributed by atoms with Crippen molar-refractivity contribution in [2.45, 2.75) is 58.1 Å². The number of alkyl carbamates (subject to hydrolysis) is 1. The van der Waals surface area contributed by atoms with Crippen molar-refractivity contribution in [1.29, 1.82) is 0 Å². The van der Waals surface area contributed by atoms with E-state index in [4.69, 9.17) is 4.74 Å². The number of hydrogen-bond acceptors (Lipinski definition) is 4. The lowest BCUT2D eigenvalue weighted by Crippen LogP contribution is -2.45. The molecule has 5 rings (SSSR count). The number of aromatic nitrogens is 2. The van der Waals surface area contributed by atoms with Gasteiger partial charge >= 0.3 is 6.09 Å². The molecule has 2 aliphatic carbocycles. The third-order valence-corrected chi connectivity index (χ3v) is 7.98. The van der Waals surface area contributed by atoms with Gasteiger partial charge in [-0.15, -0.1) is 0 Å². The van der Waals surface area contributed by atoms with Crippen LogP contribution in [0, 0.1) is 11.2 Å². The van der Waals surface area contributed by atoms with Gasteiger partial charge in [-0.2, -0.15) is 5.10 Å². The molecule has 2 aliphatic rings. The maximum Gasteiger partial charge on any atom is 0.407 e. The highest BCUT2D eigenvalue weighted by molar-refractivity contribution is 5.67. The Kier molecular flexibility index (Phi) is 6.43. The van der Waals surface area contributed by atoms with E-state index in [1.165, 1.54) is 17.7 Å². The normalized spacial score (nSPS) is 22.5. The molecule has 0 radical (unpaired) electrons. The van der Waals surface area contributed by atoms with E-state index in [0.717, 1.165) is 34.5 Å². The maximum absolute atomic E-state index is 13.4. The van der Waals surface area contributed by atoms with Gasteiger partial charge in [0.2, 0.25) is 0 Å². The molecule has 0 aliphatic heterocycles. The average Bonchev–Trinajstić information content (AvgIpc) is 3.38. The number of rotatable bonds is 7. The van der Waals surface area contributed by atoms with Crippen LogP contribution in [-0.4, -0.2) is 33.2 Å². The summed E-state index contributed by atoms with van der Waals surface area (Å²) in [6, 6.07) is 14.4. The summed E-state index contributed by atoms with van der Waals surface area (Å²) in [6.45, 7) is 4.67. The monoisotopic (exact) mass is 489 g/mol. The Hall–Kier alpha value is -3.45. The van der Waals surface area contributed by atoms with E-state index in [2.05, 4.69) is 29.5 Å². The van der Waals surface area contributed by atoms with Crippen molar-refractivity contribution in [1.82, 2.24) is 15.1 Å². The van der Waals surface area contributed by atoms with Crippen molar-refractivity contribution in [2.24, 2.45) is 5.41 Å². The second-order valence-electron chi connectivity index (χ2n) is 10.00. The lowest BCUT2D eigenvalue weighted by Gasteiger charge is -2.42. The van der Waals surface area contributed by atoms with Gasteiger partial charge in [-0.05, 0) is 86.1 Å². The number of nitrogens with one attached hydrogen (secondary N) is 1. The fourth-order valence-electron chi connectivity index (χ4n) is 5.78. The Bertz CT molecular complexity index is 1300. The fraction of sp³-hybridized carbons (Fsp3) is 0.379. The number of aliphatic hydroxyl groups is 1. The average molecular weight is 490 g/mol. The Labute approximate surface area is 210 Å². The van der Waals surface area contributed by atoms with Crippen molar-refractivity contribution in [3.63, 3.8) is 0 Å². The van der Waals surface area contributed by atoms with Crippen LogP contribution in [0.1, 0.15) is 55.5 Å². The molecule has 2 atom stereocenters. The molecular formula is C29H32FN3O3. The van der Waals surface area contributed by atoms with E-state index < -0.39 is 11.7 Å². The molecule has 188 valence electrons. The minimum Gasteiger partial charge on any atom is -0.450 e. The maximum atomic E-state index is 13.4. The topological polar surface area (TPSA) is 76.4 Å². The van der Waals surface area contributed by atoms with Gasteiger partial charge in [-0.1, -0.05) is 36.8 Å². The summed E-state index contributed by atoms with van der Waals surface area (Å²) >= 11 is 0. The Morgan fingerprint density at radius 1 is 1.19 bits per heavy atom. The number of carbonyl (C=O) groups excluding carboxylic acids is 1. The summed E-state index contributed by atoms with van der Waals surface area (Å²) in [5.41, 5.74) is 5.06. The van der Waals surface area contributed by atoms with Gasteiger partial charge in [0.1, 0.15) is 5.82 Å². The van der Waals surface area contributed by atoms with Crippen LogP contribution in [0.3, 0.4) is 0 Å². The Morgan fingerprint density at radius 2 is 1.94 bits per heavy atom. The molecule has 1 aromatic heterocycles. The number of nitrogens with zero attached hydrogens (tertiary/aromatic N) is 2. The van der Waals surface area contributed by atoms with Crippen LogP contribution in [0.25, 0.3) is 11.8 Å². The highest BCUT2D eigenvalue weighted by atomic mass is 19.1. The SMILES string of the molecule is CCOC(=O)NCc1ccccc1CC[C@]1(O)CCC2=Cc3c(cnn3-c3ccc(F)cc3)C[C@@]21C. The molecule has 1 saturated carbocycles. The van der Waals surface area contributed by atoms with Gasteiger partial charge < -0.3 is 15.2 Å². The first-order chi connectivity index (χ1) is 17.3. The van der Waals surface area contributed by atoms with Crippen LogP contribution in [0.4, 0.5) is 9.18 Å². The van der Waals surface area contributed by atoms with Crippen molar-refractivity contribution in [3.05, 3.63) is 88.5 Å². The molecule has 7 heteroatoms. The second-order valence-corrected chi connectivity index (χ2v) is 10.00. The third-order valence-electron chi connectivity index (χ3n) is 7.98. The van der Waals surface area contributed by atoms with Crippen LogP contribution in [0.5, 0.6) is 0 Å². The van der Waals surface area contributed by atoms with Crippen LogP contribution >= 0.6 is 0 Å². The minimum atomic E-state index is -0.851. The number of aryl methyl sites for hydroxylation is 1. The van der Waals surface area contributed by atoms with Crippen LogP contribution in [-0.2, 0) is 24.1 Å². The first-order valence-electron chi connectivity index (χ1n) is 12.6. The van der Waals surface area contributed by atoms with E-state index >= 15 is 0 Å². The number of halogens is 1. The first kappa shape index (κ1) is 24.3. The zero-order valence-electron chi connectivity index (χ0n) is 20.8. The number of amides is 1. The van der Waals surface area contributed by atoms with Crippen molar-refractivity contribution in [2.75, 3.05) is 6.61 Å². The smallest absolute Gasteiger partial charge is 0.407 e. The lowest BCUT2D eigenvalue weighted by atomic mass is 9.65. The molecule has 1 amide bonds. The lowest BCUT2D eigenvalue weighted by molar-refractivity contribution is -0.0462. The number of ether oxygens (including phenoxy) is 1. The van der Waals surface area contributed by atoms with Gasteiger partial charge in [0, 0.05) is 12.0 Å². The number of fused-ring (bicyclic) bond motifs is 2. The van der Waals surface area contributed by atoms with Gasteiger partial charge in [-0.3, -0.25) is 0 Å². The van der Waals surface area contributed by atoms with E-state index in [0.29, 0.717) is 38.8 Å². The predicted octanol–water partition coefficient (Wildman–Crippen LogP) is 5.36. The van der Waals surface area contributed by atoms with Crippen molar-refractivity contribution >= 4 is 12.2 Å². The third kappa shape index (κ3) is 4.32. The van der Waals surface area contributed by atoms with Gasteiger partial charge in [-0.25, -0.2) is 13.9 Å². The molecule has 0 bridgehead atoms. The minimum absolute atomic E-state index is 0.273. The molecule has 0 spiro atoms. The van der Waals surface area contributed by atoms with E-state index in [-0.39, 0.29) is 11.2 Å². The summed E-state index contributed by atoms with van der Waals surface area (Å²) < 4.78 is 20.2. The molecule has 3 aromatic rings. The van der Waals surface area contributed by atoms with Gasteiger partial charge in [0.05, 0.1) is 29.8 Å². The Balaban J connectivity index is 1.34. The fourth-order valence-corrected chi connectivity index (χ4v) is 5.78.